The number of carbonyl (C=O) groups excluding carboxylic acids is 3. The molecule has 0 aromatic heterocycles. The van der Waals surface area contributed by atoms with Gasteiger partial charge in [-0.15, -0.1) is 0 Å². The Morgan fingerprint density at radius 2 is 1.68 bits per heavy atom. The van der Waals surface area contributed by atoms with Crippen molar-refractivity contribution in [1.29, 1.82) is 0 Å². The van der Waals surface area contributed by atoms with Gasteiger partial charge in [-0.1, -0.05) is 32.1 Å². The van der Waals surface area contributed by atoms with Gasteiger partial charge >= 0.3 is 5.97 Å². The Balaban J connectivity index is 2.16. The molecule has 4 heteroatoms. The van der Waals surface area contributed by atoms with E-state index in [0.717, 1.165) is 44.9 Å². The summed E-state index contributed by atoms with van der Waals surface area (Å²) in [6, 6.07) is 0. The molecule has 0 aromatic rings. The SMILES string of the molecule is CCOC(=O)C(C(=O)C1CCCCCC1=O)C1CCCCC1. The third kappa shape index (κ3) is 4.17. The van der Waals surface area contributed by atoms with Crippen LogP contribution in [0.1, 0.15) is 71.1 Å². The third-order valence-corrected chi connectivity index (χ3v) is 5.12. The molecule has 0 radical (unpaired) electrons. The van der Waals surface area contributed by atoms with Gasteiger partial charge in [-0.3, -0.25) is 14.4 Å². The molecule has 0 heterocycles. The van der Waals surface area contributed by atoms with E-state index in [2.05, 4.69) is 0 Å². The zero-order chi connectivity index (χ0) is 15.9. The van der Waals surface area contributed by atoms with E-state index < -0.39 is 17.8 Å². The molecule has 2 fully saturated rings. The maximum atomic E-state index is 13.0. The van der Waals surface area contributed by atoms with Gasteiger partial charge in [-0.2, -0.15) is 0 Å². The molecule has 0 spiro atoms. The number of hydrogen-bond donors (Lipinski definition) is 0. The van der Waals surface area contributed by atoms with Crippen molar-refractivity contribution in [2.24, 2.45) is 17.8 Å². The summed E-state index contributed by atoms with van der Waals surface area (Å²) in [6.45, 7) is 2.05. The Morgan fingerprint density at radius 3 is 2.36 bits per heavy atom. The number of ketones is 2. The first-order valence-electron chi connectivity index (χ1n) is 8.88. The van der Waals surface area contributed by atoms with Gasteiger partial charge in [0.15, 0.2) is 5.78 Å². The Kier molecular flexibility index (Phi) is 6.59. The summed E-state index contributed by atoms with van der Waals surface area (Å²) >= 11 is 0. The highest BCUT2D eigenvalue weighted by molar-refractivity contribution is 6.10. The minimum Gasteiger partial charge on any atom is -0.465 e. The van der Waals surface area contributed by atoms with Gasteiger partial charge < -0.3 is 4.74 Å². The molecule has 2 atom stereocenters. The van der Waals surface area contributed by atoms with E-state index >= 15 is 0 Å². The molecule has 2 aliphatic carbocycles. The van der Waals surface area contributed by atoms with E-state index in [9.17, 15) is 14.4 Å². The molecule has 124 valence electrons. The fraction of sp³-hybridized carbons (Fsp3) is 0.833. The molecule has 2 rings (SSSR count). The van der Waals surface area contributed by atoms with Gasteiger partial charge in [0, 0.05) is 6.42 Å². The predicted molar refractivity (Wildman–Crippen MR) is 83.3 cm³/mol. The first-order chi connectivity index (χ1) is 10.6. The number of Topliss-reactive ketones (excluding diaryl/α,β-unsaturated/α-hetero) is 2. The maximum absolute atomic E-state index is 13.0. The zero-order valence-electron chi connectivity index (χ0n) is 13.6. The lowest BCUT2D eigenvalue weighted by Gasteiger charge is -2.29. The monoisotopic (exact) mass is 308 g/mol. The largest absolute Gasteiger partial charge is 0.465 e. The molecule has 0 bridgehead atoms. The van der Waals surface area contributed by atoms with E-state index in [0.29, 0.717) is 12.8 Å². The first kappa shape index (κ1) is 17.2. The summed E-state index contributed by atoms with van der Waals surface area (Å²) in [5.74, 6) is -1.75. The topological polar surface area (TPSA) is 60.4 Å². The van der Waals surface area contributed by atoms with E-state index in [1.54, 1.807) is 6.92 Å². The molecule has 0 saturated heterocycles. The molecule has 2 saturated carbocycles. The average molecular weight is 308 g/mol. The quantitative estimate of drug-likeness (QED) is 0.443. The minimum atomic E-state index is -0.715. The number of ether oxygens (including phenoxy) is 1. The van der Waals surface area contributed by atoms with Crippen LogP contribution >= 0.6 is 0 Å². The van der Waals surface area contributed by atoms with Crippen molar-refractivity contribution in [1.82, 2.24) is 0 Å². The fourth-order valence-electron chi connectivity index (χ4n) is 3.92. The fourth-order valence-corrected chi connectivity index (χ4v) is 3.92. The van der Waals surface area contributed by atoms with Gasteiger partial charge in [0.2, 0.25) is 0 Å². The number of hydrogen-bond acceptors (Lipinski definition) is 4. The van der Waals surface area contributed by atoms with Crippen LogP contribution in [-0.4, -0.2) is 24.1 Å². The van der Waals surface area contributed by atoms with Gasteiger partial charge in [0.05, 0.1) is 12.5 Å². The molecule has 0 aromatic carbocycles. The standard InChI is InChI=1S/C18H28O4/c1-2-22-18(21)16(13-9-5-3-6-10-13)17(20)14-11-7-4-8-12-15(14)19/h13-14,16H,2-12H2,1H3. The molecular formula is C18H28O4. The lowest BCUT2D eigenvalue weighted by molar-refractivity contribution is -0.156. The molecule has 0 amide bonds. The van der Waals surface area contributed by atoms with Crippen LogP contribution < -0.4 is 0 Å². The number of rotatable bonds is 5. The van der Waals surface area contributed by atoms with E-state index in [1.165, 1.54) is 6.42 Å². The van der Waals surface area contributed by atoms with Gasteiger partial charge in [-0.25, -0.2) is 0 Å². The number of esters is 1. The molecule has 0 N–H and O–H groups in total. The smallest absolute Gasteiger partial charge is 0.316 e. The van der Waals surface area contributed by atoms with Crippen molar-refractivity contribution >= 4 is 17.5 Å². The van der Waals surface area contributed by atoms with E-state index in [4.69, 9.17) is 4.74 Å². The normalized spacial score (nSPS) is 25.3. The number of carbonyl (C=O) groups is 3. The summed E-state index contributed by atoms with van der Waals surface area (Å²) in [4.78, 5) is 37.6. The van der Waals surface area contributed by atoms with Crippen LogP contribution in [0.2, 0.25) is 0 Å². The van der Waals surface area contributed by atoms with Crippen molar-refractivity contribution in [3.63, 3.8) is 0 Å². The molecule has 4 nitrogen and oxygen atoms in total. The molecule has 0 aliphatic heterocycles. The summed E-state index contributed by atoms with van der Waals surface area (Å²) in [7, 11) is 0. The van der Waals surface area contributed by atoms with Crippen molar-refractivity contribution in [3.8, 4) is 0 Å². The van der Waals surface area contributed by atoms with Crippen molar-refractivity contribution < 1.29 is 19.1 Å². The maximum Gasteiger partial charge on any atom is 0.316 e. The average Bonchev–Trinajstić information content (AvgIpc) is 2.73. The lowest BCUT2D eigenvalue weighted by Crippen LogP contribution is -2.40. The molecular weight excluding hydrogens is 280 g/mol. The second kappa shape index (κ2) is 8.44. The van der Waals surface area contributed by atoms with Crippen LogP contribution in [0.4, 0.5) is 0 Å². The summed E-state index contributed by atoms with van der Waals surface area (Å²) in [5, 5.41) is 0. The molecule has 2 unspecified atom stereocenters. The Hall–Kier alpha value is -1.19. The van der Waals surface area contributed by atoms with Crippen LogP contribution in [0.3, 0.4) is 0 Å². The Bertz CT molecular complexity index is 409. The predicted octanol–water partition coefficient (Wildman–Crippen LogP) is 3.46. The van der Waals surface area contributed by atoms with Gasteiger partial charge in [0.25, 0.3) is 0 Å². The molecule has 2 aliphatic rings. The highest BCUT2D eigenvalue weighted by atomic mass is 16.5. The van der Waals surface area contributed by atoms with E-state index in [1.807, 2.05) is 0 Å². The Morgan fingerprint density at radius 1 is 1.05 bits per heavy atom. The Labute approximate surface area is 133 Å². The van der Waals surface area contributed by atoms with Gasteiger partial charge in [0.1, 0.15) is 11.7 Å². The summed E-state index contributed by atoms with van der Waals surface area (Å²) in [6.07, 6.45) is 8.96. The summed E-state index contributed by atoms with van der Waals surface area (Å²) < 4.78 is 5.16. The first-order valence-corrected chi connectivity index (χ1v) is 8.88. The van der Waals surface area contributed by atoms with Crippen molar-refractivity contribution in [2.75, 3.05) is 6.61 Å². The second-order valence-electron chi connectivity index (χ2n) is 6.65. The van der Waals surface area contributed by atoms with Crippen LogP contribution in [-0.2, 0) is 19.1 Å². The van der Waals surface area contributed by atoms with Crippen molar-refractivity contribution in [2.45, 2.75) is 71.1 Å². The molecule has 22 heavy (non-hydrogen) atoms. The highest BCUT2D eigenvalue weighted by Crippen LogP contribution is 2.34. The van der Waals surface area contributed by atoms with Crippen LogP contribution in [0.5, 0.6) is 0 Å². The van der Waals surface area contributed by atoms with Crippen molar-refractivity contribution in [3.05, 3.63) is 0 Å². The zero-order valence-corrected chi connectivity index (χ0v) is 13.6. The van der Waals surface area contributed by atoms with Crippen LogP contribution in [0.25, 0.3) is 0 Å². The highest BCUT2D eigenvalue weighted by Gasteiger charge is 2.41. The third-order valence-electron chi connectivity index (χ3n) is 5.12. The second-order valence-corrected chi connectivity index (χ2v) is 6.65. The van der Waals surface area contributed by atoms with Crippen LogP contribution in [0, 0.1) is 17.8 Å². The van der Waals surface area contributed by atoms with E-state index in [-0.39, 0.29) is 24.1 Å². The lowest BCUT2D eigenvalue weighted by atomic mass is 9.74. The summed E-state index contributed by atoms with van der Waals surface area (Å²) in [5.41, 5.74) is 0. The minimum absolute atomic E-state index is 0.0348. The van der Waals surface area contributed by atoms with Crippen LogP contribution in [0.15, 0.2) is 0 Å². The van der Waals surface area contributed by atoms with Gasteiger partial charge in [-0.05, 0) is 38.5 Å².